The van der Waals surface area contributed by atoms with Crippen LogP contribution in [0.2, 0.25) is 0 Å². The first-order valence-corrected chi connectivity index (χ1v) is 6.72. The van der Waals surface area contributed by atoms with Crippen LogP contribution in [-0.4, -0.2) is 41.5 Å². The van der Waals surface area contributed by atoms with Crippen LogP contribution in [0.5, 0.6) is 0 Å². The maximum Gasteiger partial charge on any atom is 0.334 e. The van der Waals surface area contributed by atoms with E-state index in [1.165, 1.54) is 4.90 Å². The third kappa shape index (κ3) is 3.68. The number of amides is 3. The molecule has 0 spiro atoms. The van der Waals surface area contributed by atoms with E-state index in [1.807, 2.05) is 12.1 Å². The zero-order chi connectivity index (χ0) is 13.8. The standard InChI is InChI=1S/C12H15BrN4O2/c13-9-3-1-4-10(7-9)15-11(18)8-16-5-2-6-17(14)12(16)19/h1,3-4,7H,2,5-6,8,14H2,(H,15,18). The van der Waals surface area contributed by atoms with Crippen molar-refractivity contribution in [3.63, 3.8) is 0 Å². The Morgan fingerprint density at radius 1 is 1.42 bits per heavy atom. The molecule has 1 aliphatic heterocycles. The highest BCUT2D eigenvalue weighted by atomic mass is 79.9. The molecule has 0 unspecified atom stereocenters. The predicted molar refractivity (Wildman–Crippen MR) is 75.3 cm³/mol. The Bertz CT molecular complexity index is 494. The summed E-state index contributed by atoms with van der Waals surface area (Å²) >= 11 is 3.33. The number of nitrogens with one attached hydrogen (secondary N) is 1. The van der Waals surface area contributed by atoms with Gasteiger partial charge in [-0.05, 0) is 24.6 Å². The number of nitrogens with zero attached hydrogens (tertiary/aromatic N) is 2. The average molecular weight is 327 g/mol. The zero-order valence-electron chi connectivity index (χ0n) is 10.3. The molecule has 1 aromatic carbocycles. The minimum atomic E-state index is -0.310. The molecule has 3 amide bonds. The first-order valence-electron chi connectivity index (χ1n) is 5.93. The smallest absolute Gasteiger partial charge is 0.325 e. The molecule has 19 heavy (non-hydrogen) atoms. The summed E-state index contributed by atoms with van der Waals surface area (Å²) in [6.45, 7) is 1.10. The normalized spacial score (nSPS) is 15.6. The van der Waals surface area contributed by atoms with E-state index >= 15 is 0 Å². The molecule has 0 aromatic heterocycles. The molecule has 1 aromatic rings. The van der Waals surface area contributed by atoms with E-state index in [0.29, 0.717) is 18.8 Å². The number of rotatable bonds is 3. The molecule has 7 heteroatoms. The summed E-state index contributed by atoms with van der Waals surface area (Å²) < 4.78 is 0.882. The first kappa shape index (κ1) is 13.8. The number of halogens is 1. The molecule has 1 fully saturated rings. The Balaban J connectivity index is 1.92. The van der Waals surface area contributed by atoms with Gasteiger partial charge in [0.15, 0.2) is 0 Å². The number of anilines is 1. The maximum atomic E-state index is 11.9. The van der Waals surface area contributed by atoms with Crippen LogP contribution in [0.3, 0.4) is 0 Å². The van der Waals surface area contributed by atoms with Gasteiger partial charge in [-0.15, -0.1) is 0 Å². The molecule has 0 bridgehead atoms. The van der Waals surface area contributed by atoms with Crippen molar-refractivity contribution in [1.82, 2.24) is 9.91 Å². The van der Waals surface area contributed by atoms with Crippen LogP contribution in [0, 0.1) is 0 Å². The van der Waals surface area contributed by atoms with Crippen molar-refractivity contribution < 1.29 is 9.59 Å². The molecule has 102 valence electrons. The van der Waals surface area contributed by atoms with Crippen LogP contribution in [0.15, 0.2) is 28.7 Å². The lowest BCUT2D eigenvalue weighted by Gasteiger charge is -2.32. The predicted octanol–water partition coefficient (Wildman–Crippen LogP) is 1.39. The van der Waals surface area contributed by atoms with Gasteiger partial charge in [0.1, 0.15) is 6.54 Å². The fraction of sp³-hybridized carbons (Fsp3) is 0.333. The van der Waals surface area contributed by atoms with Gasteiger partial charge in [0.25, 0.3) is 0 Å². The van der Waals surface area contributed by atoms with E-state index in [4.69, 9.17) is 5.84 Å². The SMILES string of the molecule is NN1CCCN(CC(=O)Nc2cccc(Br)c2)C1=O. The summed E-state index contributed by atoms with van der Waals surface area (Å²) in [6, 6.07) is 6.97. The topological polar surface area (TPSA) is 78.7 Å². The number of benzene rings is 1. The third-order valence-corrected chi connectivity index (χ3v) is 3.28. The maximum absolute atomic E-state index is 11.9. The van der Waals surface area contributed by atoms with Crippen molar-refractivity contribution in [1.29, 1.82) is 0 Å². The minimum absolute atomic E-state index is 0.0129. The van der Waals surface area contributed by atoms with Gasteiger partial charge < -0.3 is 10.2 Å². The van der Waals surface area contributed by atoms with E-state index in [0.717, 1.165) is 15.9 Å². The quantitative estimate of drug-likeness (QED) is 0.650. The van der Waals surface area contributed by atoms with Crippen molar-refractivity contribution >= 4 is 33.6 Å². The Labute approximate surface area is 119 Å². The molecule has 1 saturated heterocycles. The number of hydrogen-bond donors (Lipinski definition) is 2. The largest absolute Gasteiger partial charge is 0.334 e. The van der Waals surface area contributed by atoms with Gasteiger partial charge >= 0.3 is 6.03 Å². The molecule has 0 aliphatic carbocycles. The molecular formula is C12H15BrN4O2. The van der Waals surface area contributed by atoms with E-state index in [-0.39, 0.29) is 18.5 Å². The number of hydrazine groups is 1. The Morgan fingerprint density at radius 3 is 2.95 bits per heavy atom. The van der Waals surface area contributed by atoms with E-state index in [2.05, 4.69) is 21.2 Å². The number of nitrogens with two attached hydrogens (primary N) is 1. The van der Waals surface area contributed by atoms with Crippen molar-refractivity contribution in [2.24, 2.45) is 5.84 Å². The van der Waals surface area contributed by atoms with E-state index in [9.17, 15) is 9.59 Å². The molecular weight excluding hydrogens is 312 g/mol. The molecule has 3 N–H and O–H groups in total. The second kappa shape index (κ2) is 6.03. The number of carbonyl (C=O) groups excluding carboxylic acids is 2. The number of hydrogen-bond acceptors (Lipinski definition) is 3. The third-order valence-electron chi connectivity index (χ3n) is 2.79. The van der Waals surface area contributed by atoms with Crippen LogP contribution in [-0.2, 0) is 4.79 Å². The van der Waals surface area contributed by atoms with Crippen LogP contribution >= 0.6 is 15.9 Å². The van der Waals surface area contributed by atoms with E-state index < -0.39 is 0 Å². The van der Waals surface area contributed by atoms with Gasteiger partial charge in [-0.2, -0.15) is 0 Å². The highest BCUT2D eigenvalue weighted by molar-refractivity contribution is 9.10. The van der Waals surface area contributed by atoms with Crippen LogP contribution in [0.1, 0.15) is 6.42 Å². The van der Waals surface area contributed by atoms with E-state index in [1.54, 1.807) is 12.1 Å². The van der Waals surface area contributed by atoms with Gasteiger partial charge in [0.05, 0.1) is 0 Å². The van der Waals surface area contributed by atoms with Gasteiger partial charge in [-0.25, -0.2) is 10.6 Å². The van der Waals surface area contributed by atoms with Crippen molar-refractivity contribution in [2.45, 2.75) is 6.42 Å². The van der Waals surface area contributed by atoms with Gasteiger partial charge in [0.2, 0.25) is 5.91 Å². The minimum Gasteiger partial charge on any atom is -0.325 e. The average Bonchev–Trinajstić information content (AvgIpc) is 2.35. The summed E-state index contributed by atoms with van der Waals surface area (Å²) in [7, 11) is 0. The van der Waals surface area contributed by atoms with Crippen LogP contribution in [0.25, 0.3) is 0 Å². The molecule has 0 atom stereocenters. The van der Waals surface area contributed by atoms with Crippen molar-refractivity contribution in [2.75, 3.05) is 25.0 Å². The Morgan fingerprint density at radius 2 is 2.21 bits per heavy atom. The summed E-state index contributed by atoms with van der Waals surface area (Å²) in [5, 5.41) is 3.88. The molecule has 1 aliphatic rings. The van der Waals surface area contributed by atoms with Crippen molar-refractivity contribution in [3.05, 3.63) is 28.7 Å². The monoisotopic (exact) mass is 326 g/mol. The lowest BCUT2D eigenvalue weighted by molar-refractivity contribution is -0.117. The second-order valence-electron chi connectivity index (χ2n) is 4.31. The summed E-state index contributed by atoms with van der Waals surface area (Å²) in [4.78, 5) is 25.0. The molecule has 6 nitrogen and oxygen atoms in total. The highest BCUT2D eigenvalue weighted by Gasteiger charge is 2.24. The van der Waals surface area contributed by atoms with Gasteiger partial charge in [-0.1, -0.05) is 22.0 Å². The second-order valence-corrected chi connectivity index (χ2v) is 5.23. The van der Waals surface area contributed by atoms with Gasteiger partial charge in [0, 0.05) is 23.2 Å². The van der Waals surface area contributed by atoms with Crippen LogP contribution in [0.4, 0.5) is 10.5 Å². The highest BCUT2D eigenvalue weighted by Crippen LogP contribution is 2.15. The van der Waals surface area contributed by atoms with Gasteiger partial charge in [-0.3, -0.25) is 9.80 Å². The molecule has 1 heterocycles. The first-order chi connectivity index (χ1) is 9.06. The molecule has 2 rings (SSSR count). The lowest BCUT2D eigenvalue weighted by Crippen LogP contribution is -2.54. The molecule has 0 saturated carbocycles. The zero-order valence-corrected chi connectivity index (χ0v) is 11.9. The lowest BCUT2D eigenvalue weighted by atomic mass is 10.3. The number of carbonyl (C=O) groups is 2. The summed E-state index contributed by atoms with van der Waals surface area (Å²) in [5.41, 5.74) is 0.688. The van der Waals surface area contributed by atoms with Crippen molar-refractivity contribution in [3.8, 4) is 0 Å². The van der Waals surface area contributed by atoms with Crippen LogP contribution < -0.4 is 11.2 Å². The fourth-order valence-corrected chi connectivity index (χ4v) is 2.29. The Hall–Kier alpha value is -1.60. The Kier molecular flexibility index (Phi) is 4.39. The summed E-state index contributed by atoms with van der Waals surface area (Å²) in [6.07, 6.45) is 0.770. The fourth-order valence-electron chi connectivity index (χ4n) is 1.89. The molecule has 0 radical (unpaired) electrons. The summed E-state index contributed by atoms with van der Waals surface area (Å²) in [5.74, 6) is 5.29. The number of urea groups is 1.